The Bertz CT molecular complexity index is 301. The van der Waals surface area contributed by atoms with Gasteiger partial charge in [0, 0.05) is 0 Å². The second-order valence-electron chi connectivity index (χ2n) is 4.82. The molecule has 0 saturated carbocycles. The smallest absolute Gasteiger partial charge is 0.209 e. The van der Waals surface area contributed by atoms with Gasteiger partial charge in [-0.25, -0.2) is 0 Å². The number of hydrogen-bond donors (Lipinski definition) is 1. The molecule has 0 saturated heterocycles. The Labute approximate surface area is 88.5 Å². The first-order valence-electron chi connectivity index (χ1n) is 5.22. The molecule has 1 aromatic carbocycles. The summed E-state index contributed by atoms with van der Waals surface area (Å²) in [5.74, 6) is 0. The van der Waals surface area contributed by atoms with E-state index in [4.69, 9.17) is 0 Å². The lowest BCUT2D eigenvalue weighted by Gasteiger charge is -2.25. The molecule has 0 heterocycles. The van der Waals surface area contributed by atoms with Crippen LogP contribution >= 0.6 is 0 Å². The lowest BCUT2D eigenvalue weighted by molar-refractivity contribution is 0.526. The number of hydrogen-bond acceptors (Lipinski definition) is 1. The maximum absolute atomic E-state index is 10.3. The molecule has 0 amide bonds. The van der Waals surface area contributed by atoms with E-state index in [1.165, 1.54) is 10.8 Å². The highest BCUT2D eigenvalue weighted by Gasteiger charge is 2.27. The van der Waals surface area contributed by atoms with Crippen LogP contribution in [0.4, 0.5) is 0 Å². The van der Waals surface area contributed by atoms with Crippen molar-refractivity contribution >= 4 is 14.2 Å². The molecule has 0 aliphatic rings. The summed E-state index contributed by atoms with van der Waals surface area (Å²) in [5, 5.41) is 1.26. The topological polar surface area (TPSA) is 20.2 Å². The minimum atomic E-state index is -1.81. The maximum Gasteiger partial charge on any atom is 0.209 e. The highest BCUT2D eigenvalue weighted by Crippen LogP contribution is 2.25. The van der Waals surface area contributed by atoms with Crippen molar-refractivity contribution in [1.82, 2.24) is 0 Å². The molecule has 1 aromatic rings. The van der Waals surface area contributed by atoms with E-state index in [0.717, 1.165) is 6.42 Å². The Morgan fingerprint density at radius 1 is 1.21 bits per heavy atom. The third-order valence-corrected chi connectivity index (χ3v) is 5.34. The largest absolute Gasteiger partial charge is 0.430 e. The van der Waals surface area contributed by atoms with E-state index in [1.54, 1.807) is 0 Å². The van der Waals surface area contributed by atoms with Gasteiger partial charge in [0.25, 0.3) is 0 Å². The van der Waals surface area contributed by atoms with Crippen LogP contribution in [0.5, 0.6) is 0 Å². The minimum Gasteiger partial charge on any atom is -0.430 e. The van der Waals surface area contributed by atoms with Gasteiger partial charge in [-0.2, -0.15) is 0 Å². The fourth-order valence-corrected chi connectivity index (χ4v) is 3.47. The molecule has 14 heavy (non-hydrogen) atoms. The zero-order valence-corrected chi connectivity index (χ0v) is 10.7. The van der Waals surface area contributed by atoms with Crippen molar-refractivity contribution in [3.05, 3.63) is 29.8 Å². The number of aryl methyl sites for hydroxylation is 1. The van der Waals surface area contributed by atoms with Crippen molar-refractivity contribution in [2.75, 3.05) is 0 Å². The van der Waals surface area contributed by atoms with Gasteiger partial charge in [0.1, 0.15) is 0 Å². The molecule has 1 nitrogen and oxygen atoms in total. The van der Waals surface area contributed by atoms with E-state index >= 15 is 0 Å². The average molecular weight is 208 g/mol. The first-order valence-corrected chi connectivity index (χ1v) is 6.89. The minimum absolute atomic E-state index is 0.0469. The van der Waals surface area contributed by atoms with Crippen molar-refractivity contribution in [2.45, 2.75) is 39.2 Å². The van der Waals surface area contributed by atoms with Gasteiger partial charge in [0.15, 0.2) is 0 Å². The number of benzene rings is 1. The summed E-state index contributed by atoms with van der Waals surface area (Å²) >= 11 is 0. The molecule has 0 fully saturated rings. The second-order valence-corrected chi connectivity index (χ2v) is 7.98. The lowest BCUT2D eigenvalue weighted by atomic mass is 10.2. The van der Waals surface area contributed by atoms with Gasteiger partial charge in [-0.1, -0.05) is 52.0 Å². The maximum atomic E-state index is 10.3. The van der Waals surface area contributed by atoms with Crippen LogP contribution in [0.15, 0.2) is 24.3 Å². The van der Waals surface area contributed by atoms with Crippen molar-refractivity contribution in [3.8, 4) is 0 Å². The first-order chi connectivity index (χ1) is 6.46. The van der Waals surface area contributed by atoms with Gasteiger partial charge in [-0.15, -0.1) is 0 Å². The Morgan fingerprint density at radius 3 is 2.29 bits per heavy atom. The first kappa shape index (κ1) is 11.5. The molecule has 2 heteroatoms. The Balaban J connectivity index is 3.06. The molecule has 1 atom stereocenters. The fraction of sp³-hybridized carbons (Fsp3) is 0.500. The SMILES string of the molecule is CCc1ccccc1[SiH](O)C(C)(C)C. The average Bonchev–Trinajstić information content (AvgIpc) is 2.15. The molecule has 0 aromatic heterocycles. The second kappa shape index (κ2) is 4.28. The van der Waals surface area contributed by atoms with E-state index in [1.807, 2.05) is 12.1 Å². The molecule has 1 N–H and O–H groups in total. The van der Waals surface area contributed by atoms with E-state index in [0.29, 0.717) is 0 Å². The zero-order chi connectivity index (χ0) is 10.8. The molecule has 78 valence electrons. The summed E-state index contributed by atoms with van der Waals surface area (Å²) in [7, 11) is -1.81. The fourth-order valence-electron chi connectivity index (χ4n) is 1.59. The van der Waals surface area contributed by atoms with Crippen LogP contribution in [0.1, 0.15) is 33.3 Å². The van der Waals surface area contributed by atoms with Crippen LogP contribution in [0.3, 0.4) is 0 Å². The molecule has 0 aliphatic heterocycles. The summed E-state index contributed by atoms with van der Waals surface area (Å²) in [5.41, 5.74) is 1.31. The van der Waals surface area contributed by atoms with Crippen LogP contribution in [0.25, 0.3) is 0 Å². The molecule has 1 rings (SSSR count). The van der Waals surface area contributed by atoms with E-state index in [9.17, 15) is 4.80 Å². The Hall–Kier alpha value is -0.603. The van der Waals surface area contributed by atoms with Crippen molar-refractivity contribution in [1.29, 1.82) is 0 Å². The third-order valence-electron chi connectivity index (χ3n) is 2.55. The number of rotatable bonds is 2. The van der Waals surface area contributed by atoms with E-state index < -0.39 is 9.04 Å². The van der Waals surface area contributed by atoms with Gasteiger partial charge in [0.05, 0.1) is 0 Å². The van der Waals surface area contributed by atoms with Crippen molar-refractivity contribution < 1.29 is 4.80 Å². The van der Waals surface area contributed by atoms with Crippen LogP contribution in [-0.2, 0) is 6.42 Å². The predicted molar refractivity (Wildman–Crippen MR) is 64.5 cm³/mol. The zero-order valence-electron chi connectivity index (χ0n) is 9.54. The molecule has 0 radical (unpaired) electrons. The quantitative estimate of drug-likeness (QED) is 0.737. The molecular weight excluding hydrogens is 188 g/mol. The summed E-state index contributed by atoms with van der Waals surface area (Å²) < 4.78 is 0. The molecule has 0 aliphatic carbocycles. The van der Waals surface area contributed by atoms with Gasteiger partial charge in [0.2, 0.25) is 9.04 Å². The van der Waals surface area contributed by atoms with Crippen LogP contribution in [0, 0.1) is 0 Å². The standard InChI is InChI=1S/C12H20OSi/c1-5-10-8-6-7-9-11(10)14(13)12(2,3)4/h6-9,13-14H,5H2,1-4H3. The summed E-state index contributed by atoms with van der Waals surface area (Å²) in [4.78, 5) is 10.3. The summed E-state index contributed by atoms with van der Waals surface area (Å²) in [6, 6.07) is 8.28. The van der Waals surface area contributed by atoms with Gasteiger partial charge in [-0.3, -0.25) is 0 Å². The summed E-state index contributed by atoms with van der Waals surface area (Å²) in [6.45, 7) is 8.51. The third kappa shape index (κ3) is 2.46. The van der Waals surface area contributed by atoms with Gasteiger partial charge >= 0.3 is 0 Å². The van der Waals surface area contributed by atoms with Crippen molar-refractivity contribution in [3.63, 3.8) is 0 Å². The Kier molecular flexibility index (Phi) is 3.51. The van der Waals surface area contributed by atoms with E-state index in [-0.39, 0.29) is 5.04 Å². The highest BCUT2D eigenvalue weighted by molar-refractivity contribution is 6.69. The predicted octanol–water partition coefficient (Wildman–Crippen LogP) is 1.97. The molecular formula is C12H20OSi. The van der Waals surface area contributed by atoms with Gasteiger partial charge < -0.3 is 4.80 Å². The van der Waals surface area contributed by atoms with Crippen LogP contribution in [0.2, 0.25) is 5.04 Å². The van der Waals surface area contributed by atoms with Gasteiger partial charge in [-0.05, 0) is 22.2 Å². The normalized spacial score (nSPS) is 14.1. The monoisotopic (exact) mass is 208 g/mol. The lowest BCUT2D eigenvalue weighted by Crippen LogP contribution is -2.40. The Morgan fingerprint density at radius 2 is 1.79 bits per heavy atom. The summed E-state index contributed by atoms with van der Waals surface area (Å²) in [6.07, 6.45) is 1.01. The highest BCUT2D eigenvalue weighted by atomic mass is 28.3. The van der Waals surface area contributed by atoms with Crippen LogP contribution < -0.4 is 5.19 Å². The van der Waals surface area contributed by atoms with Crippen LogP contribution in [-0.4, -0.2) is 13.8 Å². The van der Waals surface area contributed by atoms with E-state index in [2.05, 4.69) is 39.8 Å². The van der Waals surface area contributed by atoms with Crippen molar-refractivity contribution in [2.24, 2.45) is 0 Å². The molecule has 0 spiro atoms. The molecule has 1 unspecified atom stereocenters. The molecule has 0 bridgehead atoms.